The predicted octanol–water partition coefficient (Wildman–Crippen LogP) is 5.97. The minimum absolute atomic E-state index is 0.192. The molecule has 1 aliphatic heterocycles. The van der Waals surface area contributed by atoms with Gasteiger partial charge in [0, 0.05) is 28.9 Å². The molecule has 0 radical (unpaired) electrons. The summed E-state index contributed by atoms with van der Waals surface area (Å²) in [5.41, 5.74) is 2.43. The first-order valence-corrected chi connectivity index (χ1v) is 11.7. The number of aromatic nitrogens is 1. The van der Waals surface area contributed by atoms with E-state index in [1.54, 1.807) is 0 Å². The molecule has 30 heavy (non-hydrogen) atoms. The van der Waals surface area contributed by atoms with Crippen LogP contribution in [0.2, 0.25) is 10.0 Å². The van der Waals surface area contributed by atoms with Crippen molar-refractivity contribution < 1.29 is 18.7 Å². The number of halogens is 2. The summed E-state index contributed by atoms with van der Waals surface area (Å²) in [4.78, 5) is 0. The van der Waals surface area contributed by atoms with Crippen molar-refractivity contribution >= 4 is 23.2 Å². The first-order chi connectivity index (χ1) is 14.7. The van der Waals surface area contributed by atoms with Crippen molar-refractivity contribution in [3.63, 3.8) is 0 Å². The van der Waals surface area contributed by atoms with E-state index >= 15 is 0 Å². The van der Waals surface area contributed by atoms with Crippen LogP contribution in [0.1, 0.15) is 55.8 Å². The third-order valence-corrected chi connectivity index (χ3v) is 7.89. The van der Waals surface area contributed by atoms with Gasteiger partial charge in [0.25, 0.3) is 0 Å². The van der Waals surface area contributed by atoms with Crippen LogP contribution in [0.4, 0.5) is 0 Å². The van der Waals surface area contributed by atoms with Gasteiger partial charge in [-0.2, -0.15) is 0 Å². The van der Waals surface area contributed by atoms with Gasteiger partial charge in [0.05, 0.1) is 36.0 Å². The lowest BCUT2D eigenvalue weighted by Gasteiger charge is -2.41. The highest BCUT2D eigenvalue weighted by Gasteiger charge is 2.58. The Bertz CT molecular complexity index is 914. The van der Waals surface area contributed by atoms with Crippen molar-refractivity contribution in [1.29, 1.82) is 0 Å². The second-order valence-corrected chi connectivity index (χ2v) is 9.85. The smallest absolute Gasteiger partial charge is 0.174 e. The molecule has 1 aromatic heterocycles. The summed E-state index contributed by atoms with van der Waals surface area (Å²) in [6, 6.07) is 5.50. The Kier molecular flexibility index (Phi) is 4.88. The Morgan fingerprint density at radius 1 is 1.00 bits per heavy atom. The molecule has 5 nitrogen and oxygen atoms in total. The molecule has 1 saturated heterocycles. The molecule has 3 saturated carbocycles. The van der Waals surface area contributed by atoms with Gasteiger partial charge in [0.15, 0.2) is 5.79 Å². The summed E-state index contributed by atoms with van der Waals surface area (Å²) in [7, 11) is 0. The van der Waals surface area contributed by atoms with Crippen LogP contribution < -0.4 is 0 Å². The zero-order chi connectivity index (χ0) is 20.3. The molecule has 2 heterocycles. The molecule has 0 N–H and O–H groups in total. The lowest BCUT2D eigenvalue weighted by Crippen LogP contribution is -2.47. The number of benzene rings is 1. The van der Waals surface area contributed by atoms with Crippen LogP contribution in [0.5, 0.6) is 0 Å². The Balaban J connectivity index is 1.24. The highest BCUT2D eigenvalue weighted by Crippen LogP contribution is 2.55. The minimum atomic E-state index is -0.341. The number of ether oxygens (including phenoxy) is 3. The van der Waals surface area contributed by atoms with E-state index in [4.69, 9.17) is 41.9 Å². The number of nitrogens with zero attached hydrogens (tertiary/aromatic N) is 1. The number of rotatable bonds is 5. The Labute approximate surface area is 185 Å². The minimum Gasteiger partial charge on any atom is -0.373 e. The summed E-state index contributed by atoms with van der Waals surface area (Å²) in [6.07, 6.45) is 6.71. The van der Waals surface area contributed by atoms with E-state index < -0.39 is 0 Å². The molecular formula is C23H25Cl2NO4. The van der Waals surface area contributed by atoms with Crippen molar-refractivity contribution in [1.82, 2.24) is 5.16 Å². The molecule has 4 aliphatic rings. The van der Waals surface area contributed by atoms with Gasteiger partial charge in [-0.25, -0.2) is 0 Å². The molecule has 160 valence electrons. The van der Waals surface area contributed by atoms with Crippen LogP contribution in [-0.2, 0) is 20.8 Å². The monoisotopic (exact) mass is 449 g/mol. The Hall–Kier alpha value is -1.11. The second-order valence-electron chi connectivity index (χ2n) is 9.04. The van der Waals surface area contributed by atoms with Gasteiger partial charge in [0.1, 0.15) is 11.5 Å². The van der Waals surface area contributed by atoms with E-state index in [0.29, 0.717) is 53.3 Å². The maximum absolute atomic E-state index is 6.47. The highest BCUT2D eigenvalue weighted by atomic mass is 35.5. The van der Waals surface area contributed by atoms with Crippen LogP contribution in [0.15, 0.2) is 22.7 Å². The van der Waals surface area contributed by atoms with Crippen LogP contribution in [0.3, 0.4) is 0 Å². The standard InChI is InChI=1S/C23H25Cl2NO4/c24-18-2-1-3-19(25)20(18)21-17(22(30-26-21)13-4-5-13)12-27-16-10-14-6-7-15(11-16)23(14)28-8-9-29-23/h1-3,13-16H,4-12H2/t14-,15?,16?/m0/s1. The molecule has 1 spiro atoms. The second kappa shape index (κ2) is 7.49. The zero-order valence-corrected chi connectivity index (χ0v) is 18.3. The van der Waals surface area contributed by atoms with Crippen LogP contribution in [0, 0.1) is 11.8 Å². The fourth-order valence-corrected chi connectivity index (χ4v) is 6.31. The Morgan fingerprint density at radius 2 is 1.67 bits per heavy atom. The van der Waals surface area contributed by atoms with Gasteiger partial charge in [-0.15, -0.1) is 0 Å². The zero-order valence-electron chi connectivity index (χ0n) is 16.7. The summed E-state index contributed by atoms with van der Waals surface area (Å²) in [5.74, 6) is 1.86. The molecule has 3 aliphatic carbocycles. The largest absolute Gasteiger partial charge is 0.373 e. The maximum Gasteiger partial charge on any atom is 0.174 e. The topological polar surface area (TPSA) is 53.7 Å². The molecule has 2 aromatic rings. The average molecular weight is 450 g/mol. The summed E-state index contributed by atoms with van der Waals surface area (Å²) in [5, 5.41) is 5.52. The van der Waals surface area contributed by atoms with Crippen molar-refractivity contribution in [2.75, 3.05) is 13.2 Å². The lowest BCUT2D eigenvalue weighted by molar-refractivity contribution is -0.238. The van der Waals surface area contributed by atoms with Gasteiger partial charge in [-0.05, 0) is 50.7 Å². The van der Waals surface area contributed by atoms with E-state index in [1.807, 2.05) is 18.2 Å². The van der Waals surface area contributed by atoms with Crippen molar-refractivity contribution in [3.05, 3.63) is 39.6 Å². The van der Waals surface area contributed by atoms with Gasteiger partial charge in [-0.1, -0.05) is 34.4 Å². The van der Waals surface area contributed by atoms with E-state index in [-0.39, 0.29) is 11.9 Å². The molecule has 7 heteroatoms. The predicted molar refractivity (Wildman–Crippen MR) is 113 cm³/mol. The molecule has 2 unspecified atom stereocenters. The van der Waals surface area contributed by atoms with Gasteiger partial charge in [-0.3, -0.25) is 0 Å². The molecule has 4 fully saturated rings. The van der Waals surface area contributed by atoms with E-state index in [2.05, 4.69) is 5.16 Å². The number of hydrogen-bond acceptors (Lipinski definition) is 5. The highest BCUT2D eigenvalue weighted by molar-refractivity contribution is 6.39. The summed E-state index contributed by atoms with van der Waals surface area (Å²) >= 11 is 12.9. The third-order valence-electron chi connectivity index (χ3n) is 7.26. The van der Waals surface area contributed by atoms with Gasteiger partial charge >= 0.3 is 0 Å². The van der Waals surface area contributed by atoms with Crippen molar-refractivity contribution in [2.45, 2.75) is 62.9 Å². The van der Waals surface area contributed by atoms with Crippen LogP contribution in [-0.4, -0.2) is 30.3 Å². The van der Waals surface area contributed by atoms with Gasteiger partial charge in [0.2, 0.25) is 0 Å². The van der Waals surface area contributed by atoms with E-state index in [0.717, 1.165) is 55.4 Å². The van der Waals surface area contributed by atoms with Crippen LogP contribution in [0.25, 0.3) is 11.3 Å². The van der Waals surface area contributed by atoms with Crippen molar-refractivity contribution in [3.8, 4) is 11.3 Å². The Morgan fingerprint density at radius 3 is 2.30 bits per heavy atom. The molecular weight excluding hydrogens is 425 g/mol. The number of hydrogen-bond donors (Lipinski definition) is 0. The van der Waals surface area contributed by atoms with E-state index in [9.17, 15) is 0 Å². The first-order valence-electron chi connectivity index (χ1n) is 11.0. The molecule has 6 rings (SSSR count). The summed E-state index contributed by atoms with van der Waals surface area (Å²) in [6.45, 7) is 1.89. The molecule has 3 atom stereocenters. The van der Waals surface area contributed by atoms with Crippen molar-refractivity contribution in [2.24, 2.45) is 11.8 Å². The lowest BCUT2D eigenvalue weighted by atomic mass is 9.81. The molecule has 1 aromatic carbocycles. The maximum atomic E-state index is 6.47. The first kappa shape index (κ1) is 19.6. The van der Waals surface area contributed by atoms with Gasteiger partial charge < -0.3 is 18.7 Å². The summed E-state index contributed by atoms with van der Waals surface area (Å²) < 4.78 is 24.4. The molecule has 2 bridgehead atoms. The molecule has 0 amide bonds. The SMILES string of the molecule is Clc1cccc(Cl)c1-c1noc(C2CC2)c1COC1CC2CC[C@@H](C1)C21OCCO1. The normalized spacial score (nSPS) is 29.7. The quantitative estimate of drug-likeness (QED) is 0.562. The third kappa shape index (κ3) is 3.13. The fourth-order valence-electron chi connectivity index (χ4n) is 5.73. The van der Waals surface area contributed by atoms with E-state index in [1.165, 1.54) is 0 Å². The fraction of sp³-hybridized carbons (Fsp3) is 0.609. The van der Waals surface area contributed by atoms with Crippen LogP contribution >= 0.6 is 23.2 Å². The average Bonchev–Trinajstić information content (AvgIpc) is 3.28.